The van der Waals surface area contributed by atoms with E-state index in [0.29, 0.717) is 22.3 Å². The molecular weight excluding hydrogens is 400 g/mol. The molecule has 5 heteroatoms. The number of fused-ring (bicyclic) bond motifs is 1. The summed E-state index contributed by atoms with van der Waals surface area (Å²) in [6.45, 7) is 6.49. The average molecular weight is 421 g/mol. The molecule has 3 aromatic carbocycles. The quantitative estimate of drug-likeness (QED) is 0.367. The Balaban J connectivity index is 1.80. The first-order valence-electron chi connectivity index (χ1n) is 9.42. The number of anilines is 1. The molecule has 1 heterocycles. The summed E-state index contributed by atoms with van der Waals surface area (Å²) >= 11 is 7.79. The second-order valence-electron chi connectivity index (χ2n) is 7.19. The number of aromatic nitrogens is 1. The molecule has 0 aliphatic rings. The summed E-state index contributed by atoms with van der Waals surface area (Å²) in [5.74, 6) is -0.0558. The van der Waals surface area contributed by atoms with E-state index in [0.717, 1.165) is 26.9 Å². The largest absolute Gasteiger partial charge is 0.279 e. The van der Waals surface area contributed by atoms with Crippen LogP contribution < -0.4 is 4.90 Å². The molecule has 0 radical (unpaired) electrons. The molecule has 0 aliphatic carbocycles. The number of hydrogen-bond donors (Lipinski definition) is 0. The highest BCUT2D eigenvalue weighted by Gasteiger charge is 2.23. The molecule has 0 fully saturated rings. The van der Waals surface area contributed by atoms with Crippen LogP contribution in [-0.2, 0) is 6.54 Å². The van der Waals surface area contributed by atoms with E-state index in [1.165, 1.54) is 16.9 Å². The van der Waals surface area contributed by atoms with Gasteiger partial charge in [0, 0.05) is 10.6 Å². The fraction of sp³-hybridized carbons (Fsp3) is 0.167. The van der Waals surface area contributed by atoms with Gasteiger partial charge >= 0.3 is 0 Å². The Morgan fingerprint density at radius 3 is 2.48 bits per heavy atom. The topological polar surface area (TPSA) is 33.2 Å². The fourth-order valence-electron chi connectivity index (χ4n) is 3.23. The summed E-state index contributed by atoms with van der Waals surface area (Å²) in [5, 5.41) is 1.36. The van der Waals surface area contributed by atoms with Crippen molar-refractivity contribution in [1.82, 2.24) is 4.98 Å². The molecule has 3 nitrogen and oxygen atoms in total. The van der Waals surface area contributed by atoms with E-state index >= 15 is 0 Å². The van der Waals surface area contributed by atoms with Crippen LogP contribution in [0.15, 0.2) is 60.7 Å². The second kappa shape index (κ2) is 7.97. The van der Waals surface area contributed by atoms with Gasteiger partial charge in [-0.05, 0) is 67.3 Å². The van der Waals surface area contributed by atoms with Gasteiger partial charge in [0.1, 0.15) is 0 Å². The molecule has 0 saturated carbocycles. The van der Waals surface area contributed by atoms with Gasteiger partial charge in [0.2, 0.25) is 0 Å². The van der Waals surface area contributed by atoms with Crippen LogP contribution in [0.5, 0.6) is 0 Å². The lowest BCUT2D eigenvalue weighted by molar-refractivity contribution is 0.0985. The third-order valence-electron chi connectivity index (χ3n) is 5.15. The van der Waals surface area contributed by atoms with Crippen molar-refractivity contribution in [3.63, 3.8) is 0 Å². The Morgan fingerprint density at radius 1 is 1.00 bits per heavy atom. The zero-order valence-electron chi connectivity index (χ0n) is 16.6. The zero-order chi connectivity index (χ0) is 20.5. The van der Waals surface area contributed by atoms with Crippen LogP contribution in [-0.4, -0.2) is 10.9 Å². The Kier molecular flexibility index (Phi) is 5.39. The lowest BCUT2D eigenvalue weighted by atomic mass is 10.1. The lowest BCUT2D eigenvalue weighted by Gasteiger charge is -2.20. The van der Waals surface area contributed by atoms with Crippen LogP contribution in [0.4, 0.5) is 5.13 Å². The van der Waals surface area contributed by atoms with Crippen molar-refractivity contribution in [3.05, 3.63) is 93.5 Å². The number of rotatable bonds is 4. The second-order valence-corrected chi connectivity index (χ2v) is 8.61. The van der Waals surface area contributed by atoms with Crippen LogP contribution in [0, 0.1) is 20.8 Å². The Labute approximate surface area is 179 Å². The van der Waals surface area contributed by atoms with Crippen molar-refractivity contribution >= 4 is 44.2 Å². The Hall–Kier alpha value is -2.69. The monoisotopic (exact) mass is 420 g/mol. The summed E-state index contributed by atoms with van der Waals surface area (Å²) in [5.41, 5.74) is 5.77. The minimum atomic E-state index is -0.0558. The molecule has 0 unspecified atom stereocenters. The van der Waals surface area contributed by atoms with Crippen molar-refractivity contribution < 1.29 is 4.79 Å². The van der Waals surface area contributed by atoms with E-state index in [9.17, 15) is 4.79 Å². The van der Waals surface area contributed by atoms with Crippen LogP contribution in [0.1, 0.15) is 32.6 Å². The first-order valence-corrected chi connectivity index (χ1v) is 10.6. The molecule has 1 aromatic heterocycles. The number of amides is 1. The number of hydrogen-bond acceptors (Lipinski definition) is 3. The van der Waals surface area contributed by atoms with E-state index in [2.05, 4.69) is 0 Å². The van der Waals surface area contributed by atoms with E-state index in [4.69, 9.17) is 16.6 Å². The molecule has 0 saturated heterocycles. The van der Waals surface area contributed by atoms with Crippen molar-refractivity contribution in [1.29, 1.82) is 0 Å². The number of halogens is 1. The predicted octanol–water partition coefficient (Wildman–Crippen LogP) is 6.72. The fourth-order valence-corrected chi connectivity index (χ4v) is 4.40. The maximum absolute atomic E-state index is 13.5. The third-order valence-corrected chi connectivity index (χ3v) is 6.60. The molecule has 4 rings (SSSR count). The first kappa shape index (κ1) is 19.6. The lowest BCUT2D eigenvalue weighted by Crippen LogP contribution is -2.30. The highest BCUT2D eigenvalue weighted by Crippen LogP contribution is 2.34. The van der Waals surface area contributed by atoms with Crippen LogP contribution in [0.3, 0.4) is 0 Å². The van der Waals surface area contributed by atoms with Gasteiger partial charge in [0.15, 0.2) is 5.13 Å². The normalized spacial score (nSPS) is 11.0. The van der Waals surface area contributed by atoms with Crippen LogP contribution in [0.25, 0.3) is 10.2 Å². The van der Waals surface area contributed by atoms with E-state index in [1.807, 2.05) is 81.4 Å². The van der Waals surface area contributed by atoms with Gasteiger partial charge in [-0.15, -0.1) is 0 Å². The minimum Gasteiger partial charge on any atom is -0.279 e. The van der Waals surface area contributed by atoms with Crippen LogP contribution in [0.2, 0.25) is 5.02 Å². The van der Waals surface area contributed by atoms with Gasteiger partial charge in [0.25, 0.3) is 5.91 Å². The maximum atomic E-state index is 13.5. The molecular formula is C24H21ClN2OS. The minimum absolute atomic E-state index is 0.0558. The van der Waals surface area contributed by atoms with Crippen LogP contribution >= 0.6 is 22.9 Å². The third kappa shape index (κ3) is 3.91. The zero-order valence-corrected chi connectivity index (χ0v) is 18.1. The van der Waals surface area contributed by atoms with Crippen molar-refractivity contribution in [3.8, 4) is 0 Å². The number of benzene rings is 3. The molecule has 146 valence electrons. The smallest absolute Gasteiger partial charge is 0.260 e. The van der Waals surface area contributed by atoms with Gasteiger partial charge < -0.3 is 0 Å². The number of carbonyl (C=O) groups excluding carboxylic acids is 1. The highest BCUT2D eigenvalue weighted by molar-refractivity contribution is 7.22. The predicted molar refractivity (Wildman–Crippen MR) is 122 cm³/mol. The van der Waals surface area contributed by atoms with Gasteiger partial charge in [-0.1, -0.05) is 59.3 Å². The number of thiazole rings is 1. The van der Waals surface area contributed by atoms with Crippen molar-refractivity contribution in [2.45, 2.75) is 27.3 Å². The van der Waals surface area contributed by atoms with Crippen molar-refractivity contribution in [2.75, 3.05) is 4.90 Å². The van der Waals surface area contributed by atoms with Gasteiger partial charge in [0.05, 0.1) is 16.8 Å². The maximum Gasteiger partial charge on any atom is 0.260 e. The van der Waals surface area contributed by atoms with E-state index < -0.39 is 0 Å². The van der Waals surface area contributed by atoms with Gasteiger partial charge in [-0.2, -0.15) is 0 Å². The highest BCUT2D eigenvalue weighted by atomic mass is 35.5. The SMILES string of the molecule is Cc1ccc(C(=O)N(Cc2ccccc2)c2nc3c(C)c(Cl)ccc3s2)cc1C. The van der Waals surface area contributed by atoms with Gasteiger partial charge in [-0.3, -0.25) is 9.69 Å². The first-order chi connectivity index (χ1) is 13.9. The summed E-state index contributed by atoms with van der Waals surface area (Å²) in [7, 11) is 0. The summed E-state index contributed by atoms with van der Waals surface area (Å²) in [6.07, 6.45) is 0. The molecule has 0 atom stereocenters. The molecule has 0 N–H and O–H groups in total. The summed E-state index contributed by atoms with van der Waals surface area (Å²) in [4.78, 5) is 20.1. The Morgan fingerprint density at radius 2 is 1.76 bits per heavy atom. The van der Waals surface area contributed by atoms with Crippen molar-refractivity contribution in [2.24, 2.45) is 0 Å². The molecule has 0 bridgehead atoms. The molecule has 0 aliphatic heterocycles. The number of nitrogens with zero attached hydrogens (tertiary/aromatic N) is 2. The number of carbonyl (C=O) groups is 1. The Bertz CT molecular complexity index is 1200. The number of aryl methyl sites for hydroxylation is 3. The van der Waals surface area contributed by atoms with E-state index in [-0.39, 0.29) is 5.91 Å². The van der Waals surface area contributed by atoms with E-state index in [1.54, 1.807) is 4.90 Å². The average Bonchev–Trinajstić information content (AvgIpc) is 3.16. The molecule has 29 heavy (non-hydrogen) atoms. The summed E-state index contributed by atoms with van der Waals surface area (Å²) in [6, 6.07) is 19.7. The standard InChI is InChI=1S/C24H21ClN2OS/c1-15-9-10-19(13-16(15)2)23(28)27(14-18-7-5-4-6-8-18)24-26-22-17(3)20(25)11-12-21(22)29-24/h4-13H,14H2,1-3H3. The van der Waals surface area contributed by atoms with Gasteiger partial charge in [-0.25, -0.2) is 4.98 Å². The molecule has 1 amide bonds. The molecule has 0 spiro atoms. The molecule has 4 aromatic rings. The summed E-state index contributed by atoms with van der Waals surface area (Å²) < 4.78 is 1.02.